The standard InChI is InChI=1S/C16H32N2O3/c1-5-9-17-14(16(19)21-6-2)8-11-18-10-7-13(3)15(12-18)20-4/h13-15,17H,5-12H2,1-4H3. The SMILES string of the molecule is CCCNC(CCN1CCC(C)C(OC)C1)C(=O)OCC. The Kier molecular flexibility index (Phi) is 8.88. The van der Waals surface area contributed by atoms with Crippen molar-refractivity contribution in [3.05, 3.63) is 0 Å². The van der Waals surface area contributed by atoms with E-state index in [9.17, 15) is 4.79 Å². The second-order valence-electron chi connectivity index (χ2n) is 5.89. The third kappa shape index (κ3) is 6.32. The van der Waals surface area contributed by atoms with Crippen LogP contribution in [0.3, 0.4) is 0 Å². The third-order valence-corrected chi connectivity index (χ3v) is 4.22. The predicted molar refractivity (Wildman–Crippen MR) is 84.3 cm³/mol. The summed E-state index contributed by atoms with van der Waals surface area (Å²) in [7, 11) is 1.79. The Labute approximate surface area is 129 Å². The normalized spacial score (nSPS) is 24.8. The highest BCUT2D eigenvalue weighted by atomic mass is 16.5. The molecular formula is C16H32N2O3. The molecule has 0 amide bonds. The Bertz CT molecular complexity index is 299. The number of carbonyl (C=O) groups is 1. The third-order valence-electron chi connectivity index (χ3n) is 4.22. The molecule has 1 heterocycles. The number of carbonyl (C=O) groups excluding carboxylic acids is 1. The van der Waals surface area contributed by atoms with Crippen molar-refractivity contribution in [1.29, 1.82) is 0 Å². The van der Waals surface area contributed by atoms with Gasteiger partial charge in [0.2, 0.25) is 0 Å². The summed E-state index contributed by atoms with van der Waals surface area (Å²) in [6, 6.07) is -0.190. The molecule has 1 N–H and O–H groups in total. The summed E-state index contributed by atoms with van der Waals surface area (Å²) in [6.45, 7) is 10.4. The van der Waals surface area contributed by atoms with E-state index < -0.39 is 0 Å². The van der Waals surface area contributed by atoms with E-state index in [0.717, 1.165) is 45.4 Å². The second kappa shape index (κ2) is 10.1. The molecule has 1 aliphatic heterocycles. The van der Waals surface area contributed by atoms with Crippen LogP contribution in [0.4, 0.5) is 0 Å². The number of piperidine rings is 1. The molecule has 0 radical (unpaired) electrons. The van der Waals surface area contributed by atoms with E-state index in [1.54, 1.807) is 7.11 Å². The Morgan fingerprint density at radius 3 is 2.81 bits per heavy atom. The first-order valence-electron chi connectivity index (χ1n) is 8.27. The van der Waals surface area contributed by atoms with Crippen LogP contribution in [0.5, 0.6) is 0 Å². The Balaban J connectivity index is 2.42. The van der Waals surface area contributed by atoms with Crippen LogP contribution in [-0.4, -0.2) is 62.9 Å². The number of hydrogen-bond acceptors (Lipinski definition) is 5. The molecule has 0 saturated carbocycles. The zero-order chi connectivity index (χ0) is 15.7. The molecule has 1 fully saturated rings. The fraction of sp³-hybridized carbons (Fsp3) is 0.938. The number of nitrogens with zero attached hydrogens (tertiary/aromatic N) is 1. The van der Waals surface area contributed by atoms with E-state index in [-0.39, 0.29) is 12.0 Å². The lowest BCUT2D eigenvalue weighted by atomic mass is 9.95. The number of nitrogens with one attached hydrogen (secondary N) is 1. The van der Waals surface area contributed by atoms with E-state index in [4.69, 9.17) is 9.47 Å². The molecule has 1 rings (SSSR count). The van der Waals surface area contributed by atoms with Crippen molar-refractivity contribution in [2.75, 3.05) is 39.9 Å². The van der Waals surface area contributed by atoms with Crippen LogP contribution >= 0.6 is 0 Å². The molecule has 1 aliphatic rings. The fourth-order valence-electron chi connectivity index (χ4n) is 2.78. The summed E-state index contributed by atoms with van der Waals surface area (Å²) in [5.74, 6) is 0.491. The number of esters is 1. The Hall–Kier alpha value is -0.650. The molecule has 21 heavy (non-hydrogen) atoms. The number of ether oxygens (including phenoxy) is 2. The predicted octanol–water partition coefficient (Wildman–Crippen LogP) is 1.66. The lowest BCUT2D eigenvalue weighted by molar-refractivity contribution is -0.146. The van der Waals surface area contributed by atoms with E-state index >= 15 is 0 Å². The van der Waals surface area contributed by atoms with Crippen molar-refractivity contribution in [3.63, 3.8) is 0 Å². The topological polar surface area (TPSA) is 50.8 Å². The summed E-state index contributed by atoms with van der Waals surface area (Å²) in [5, 5.41) is 3.30. The van der Waals surface area contributed by atoms with Gasteiger partial charge in [-0.25, -0.2) is 0 Å². The molecule has 0 aromatic carbocycles. The molecule has 0 bridgehead atoms. The minimum absolute atomic E-state index is 0.125. The molecule has 5 heteroatoms. The number of rotatable bonds is 9. The van der Waals surface area contributed by atoms with E-state index in [2.05, 4.69) is 24.1 Å². The molecule has 5 nitrogen and oxygen atoms in total. The first-order chi connectivity index (χ1) is 10.1. The summed E-state index contributed by atoms with van der Waals surface area (Å²) in [4.78, 5) is 14.4. The molecule has 0 aliphatic carbocycles. The summed E-state index contributed by atoms with van der Waals surface area (Å²) < 4.78 is 10.7. The molecule has 0 aromatic heterocycles. The van der Waals surface area contributed by atoms with Crippen LogP contribution in [-0.2, 0) is 14.3 Å². The van der Waals surface area contributed by atoms with Crippen molar-refractivity contribution in [3.8, 4) is 0 Å². The van der Waals surface area contributed by atoms with Crippen LogP contribution in [0.15, 0.2) is 0 Å². The molecular weight excluding hydrogens is 268 g/mol. The molecule has 1 saturated heterocycles. The van der Waals surface area contributed by atoms with Crippen molar-refractivity contribution in [1.82, 2.24) is 10.2 Å². The lowest BCUT2D eigenvalue weighted by Crippen LogP contribution is -2.47. The maximum Gasteiger partial charge on any atom is 0.323 e. The zero-order valence-electron chi connectivity index (χ0n) is 14.1. The van der Waals surface area contributed by atoms with Gasteiger partial charge in [-0.3, -0.25) is 4.79 Å². The zero-order valence-corrected chi connectivity index (χ0v) is 14.1. The number of methoxy groups -OCH3 is 1. The van der Waals surface area contributed by atoms with Crippen molar-refractivity contribution >= 4 is 5.97 Å². The lowest BCUT2D eigenvalue weighted by Gasteiger charge is -2.36. The highest BCUT2D eigenvalue weighted by Crippen LogP contribution is 2.19. The smallest absolute Gasteiger partial charge is 0.323 e. The van der Waals surface area contributed by atoms with Gasteiger partial charge in [0, 0.05) is 20.2 Å². The molecule has 0 aromatic rings. The van der Waals surface area contributed by atoms with Gasteiger partial charge in [-0.15, -0.1) is 0 Å². The van der Waals surface area contributed by atoms with Crippen LogP contribution in [0, 0.1) is 5.92 Å². The van der Waals surface area contributed by atoms with Gasteiger partial charge in [0.25, 0.3) is 0 Å². The van der Waals surface area contributed by atoms with Crippen molar-refractivity contribution < 1.29 is 14.3 Å². The van der Waals surface area contributed by atoms with Gasteiger partial charge >= 0.3 is 5.97 Å². The van der Waals surface area contributed by atoms with Gasteiger partial charge < -0.3 is 19.7 Å². The molecule has 124 valence electrons. The van der Waals surface area contributed by atoms with Crippen LogP contribution in [0.1, 0.15) is 40.0 Å². The number of likely N-dealkylation sites (tertiary alicyclic amines) is 1. The summed E-state index contributed by atoms with van der Waals surface area (Å²) >= 11 is 0. The van der Waals surface area contributed by atoms with Gasteiger partial charge in [-0.1, -0.05) is 13.8 Å². The van der Waals surface area contributed by atoms with Crippen molar-refractivity contribution in [2.24, 2.45) is 5.92 Å². The van der Waals surface area contributed by atoms with Crippen molar-refractivity contribution in [2.45, 2.75) is 52.2 Å². The van der Waals surface area contributed by atoms with Gasteiger partial charge in [0.15, 0.2) is 0 Å². The van der Waals surface area contributed by atoms with Crippen LogP contribution in [0.2, 0.25) is 0 Å². The van der Waals surface area contributed by atoms with E-state index in [1.807, 2.05) is 6.92 Å². The molecule has 3 unspecified atom stereocenters. The highest BCUT2D eigenvalue weighted by molar-refractivity contribution is 5.75. The van der Waals surface area contributed by atoms with E-state index in [1.165, 1.54) is 0 Å². The monoisotopic (exact) mass is 300 g/mol. The van der Waals surface area contributed by atoms with Crippen LogP contribution in [0.25, 0.3) is 0 Å². The van der Waals surface area contributed by atoms with Gasteiger partial charge in [-0.2, -0.15) is 0 Å². The van der Waals surface area contributed by atoms with Gasteiger partial charge in [0.1, 0.15) is 6.04 Å². The average molecular weight is 300 g/mol. The number of hydrogen-bond donors (Lipinski definition) is 1. The van der Waals surface area contributed by atoms with Crippen LogP contribution < -0.4 is 5.32 Å². The quantitative estimate of drug-likeness (QED) is 0.656. The van der Waals surface area contributed by atoms with Gasteiger partial charge in [-0.05, 0) is 45.2 Å². The minimum Gasteiger partial charge on any atom is -0.465 e. The minimum atomic E-state index is -0.190. The molecule has 0 spiro atoms. The first kappa shape index (κ1) is 18.4. The largest absolute Gasteiger partial charge is 0.465 e. The fourth-order valence-corrected chi connectivity index (χ4v) is 2.78. The Morgan fingerprint density at radius 2 is 2.19 bits per heavy atom. The van der Waals surface area contributed by atoms with E-state index in [0.29, 0.717) is 18.6 Å². The summed E-state index contributed by atoms with van der Waals surface area (Å²) in [6.07, 6.45) is 3.28. The van der Waals surface area contributed by atoms with Gasteiger partial charge in [0.05, 0.1) is 12.7 Å². The summed E-state index contributed by atoms with van der Waals surface area (Å²) in [5.41, 5.74) is 0. The Morgan fingerprint density at radius 1 is 1.43 bits per heavy atom. The average Bonchev–Trinajstić information content (AvgIpc) is 2.49. The maximum atomic E-state index is 12.0. The maximum absolute atomic E-state index is 12.0. The highest BCUT2D eigenvalue weighted by Gasteiger charge is 2.27. The molecule has 3 atom stereocenters. The first-order valence-corrected chi connectivity index (χ1v) is 8.27. The second-order valence-corrected chi connectivity index (χ2v) is 5.89.